The van der Waals surface area contributed by atoms with Crippen LogP contribution in [0.2, 0.25) is 0 Å². The van der Waals surface area contributed by atoms with Gasteiger partial charge in [-0.25, -0.2) is 13.8 Å². The molecule has 1 aliphatic rings. The number of hydrogen-bond donors (Lipinski definition) is 2. The van der Waals surface area contributed by atoms with Crippen molar-refractivity contribution in [3.8, 4) is 0 Å². The molecule has 7 nitrogen and oxygen atoms in total. The van der Waals surface area contributed by atoms with Crippen LogP contribution >= 0.6 is 11.5 Å². The zero-order chi connectivity index (χ0) is 19.3. The highest BCUT2D eigenvalue weighted by Gasteiger charge is 2.47. The maximum absolute atomic E-state index is 13.1. The largest absolute Gasteiger partial charge is 0.339 e. The van der Waals surface area contributed by atoms with E-state index in [1.807, 2.05) is 30.1 Å². The lowest BCUT2D eigenvalue weighted by Gasteiger charge is -2.40. The second-order valence-corrected chi connectivity index (χ2v) is 7.94. The minimum atomic E-state index is -2.52. The third-order valence-corrected chi connectivity index (χ3v) is 5.89. The quantitative estimate of drug-likeness (QED) is 0.527. The van der Waals surface area contributed by atoms with Crippen LogP contribution in [-0.2, 0) is 6.54 Å². The molecule has 2 N–H and O–H groups in total. The van der Waals surface area contributed by atoms with Gasteiger partial charge in [-0.15, -0.1) is 0 Å². The number of alkyl halides is 2. The smallest absolute Gasteiger partial charge is 0.251 e. The Morgan fingerprint density at radius 1 is 1.36 bits per heavy atom. The molecule has 0 bridgehead atoms. The second kappa shape index (κ2) is 6.42. The standard InChI is InChI=1S/C18H17F2N7S/c1-27(11-6-18(19,20)7-11)9-13-15-14(28-26-13)5-10(8-22-15)23-17-12-3-2-4-21-16(12)24-25-17/h2-5,8,11H,6-7,9H2,1H3,(H2,21,23,24,25). The normalized spacial score (nSPS) is 16.7. The summed E-state index contributed by atoms with van der Waals surface area (Å²) in [5, 5.41) is 11.3. The van der Waals surface area contributed by atoms with E-state index in [1.54, 1.807) is 12.4 Å². The summed E-state index contributed by atoms with van der Waals surface area (Å²) >= 11 is 1.36. The first-order valence-electron chi connectivity index (χ1n) is 8.87. The number of hydrogen-bond acceptors (Lipinski definition) is 7. The first-order valence-corrected chi connectivity index (χ1v) is 9.64. The molecular formula is C18H17F2N7S. The third kappa shape index (κ3) is 3.08. The number of aromatic nitrogens is 5. The molecule has 0 spiro atoms. The Hall–Kier alpha value is -2.72. The molecular weight excluding hydrogens is 384 g/mol. The molecule has 144 valence electrons. The molecule has 1 saturated carbocycles. The van der Waals surface area contributed by atoms with E-state index < -0.39 is 5.92 Å². The molecule has 28 heavy (non-hydrogen) atoms. The molecule has 4 heterocycles. The van der Waals surface area contributed by atoms with Gasteiger partial charge in [0.15, 0.2) is 5.65 Å². The summed E-state index contributed by atoms with van der Waals surface area (Å²) in [4.78, 5) is 10.7. The number of halogens is 2. The first kappa shape index (κ1) is 17.4. The van der Waals surface area contributed by atoms with Gasteiger partial charge in [0.05, 0.1) is 27.7 Å². The fourth-order valence-electron chi connectivity index (χ4n) is 3.45. The summed E-state index contributed by atoms with van der Waals surface area (Å²) in [5.41, 5.74) is 3.08. The van der Waals surface area contributed by atoms with Crippen LogP contribution in [0, 0.1) is 0 Å². The molecule has 1 fully saturated rings. The van der Waals surface area contributed by atoms with Gasteiger partial charge in [-0.05, 0) is 36.8 Å². The van der Waals surface area contributed by atoms with Gasteiger partial charge < -0.3 is 5.32 Å². The van der Waals surface area contributed by atoms with Crippen molar-refractivity contribution in [1.29, 1.82) is 0 Å². The van der Waals surface area contributed by atoms with Gasteiger partial charge in [0.25, 0.3) is 5.92 Å². The molecule has 4 aromatic rings. The average Bonchev–Trinajstić information content (AvgIpc) is 3.24. The van der Waals surface area contributed by atoms with Crippen molar-refractivity contribution in [2.24, 2.45) is 0 Å². The van der Waals surface area contributed by atoms with E-state index in [9.17, 15) is 8.78 Å². The van der Waals surface area contributed by atoms with Crippen LogP contribution in [0.15, 0.2) is 30.6 Å². The number of aromatic amines is 1. The van der Waals surface area contributed by atoms with Crippen LogP contribution in [0.25, 0.3) is 21.3 Å². The fourth-order valence-corrected chi connectivity index (χ4v) is 4.24. The van der Waals surface area contributed by atoms with E-state index in [2.05, 4.69) is 29.9 Å². The second-order valence-electron chi connectivity index (χ2n) is 7.13. The van der Waals surface area contributed by atoms with E-state index in [4.69, 9.17) is 0 Å². The van der Waals surface area contributed by atoms with E-state index in [-0.39, 0.29) is 18.9 Å². The summed E-state index contributed by atoms with van der Waals surface area (Å²) in [6, 6.07) is 5.67. The zero-order valence-electron chi connectivity index (χ0n) is 15.0. The Labute approximate surface area is 163 Å². The Balaban J connectivity index is 1.35. The highest BCUT2D eigenvalue weighted by Crippen LogP contribution is 2.40. The summed E-state index contributed by atoms with van der Waals surface area (Å²) in [7, 11) is 1.86. The molecule has 5 rings (SSSR count). The van der Waals surface area contributed by atoms with Gasteiger partial charge in [-0.2, -0.15) is 9.47 Å². The van der Waals surface area contributed by atoms with Crippen molar-refractivity contribution in [2.45, 2.75) is 31.4 Å². The van der Waals surface area contributed by atoms with Crippen molar-refractivity contribution in [1.82, 2.24) is 29.4 Å². The number of pyridine rings is 2. The van der Waals surface area contributed by atoms with Crippen LogP contribution in [0.4, 0.5) is 20.3 Å². The number of nitrogens with one attached hydrogen (secondary N) is 2. The number of H-pyrrole nitrogens is 1. The van der Waals surface area contributed by atoms with Gasteiger partial charge in [-0.3, -0.25) is 15.0 Å². The van der Waals surface area contributed by atoms with E-state index in [1.165, 1.54) is 11.5 Å². The van der Waals surface area contributed by atoms with Crippen LogP contribution in [0.3, 0.4) is 0 Å². The topological polar surface area (TPSA) is 82.6 Å². The predicted molar refractivity (Wildman–Crippen MR) is 104 cm³/mol. The third-order valence-electron chi connectivity index (χ3n) is 5.07. The van der Waals surface area contributed by atoms with Crippen LogP contribution in [0.5, 0.6) is 0 Å². The molecule has 0 radical (unpaired) electrons. The SMILES string of the molecule is CN(Cc1nsc2cc(Nc3[nH]nc4ncccc34)cnc12)C1CC(F)(F)C1. The summed E-state index contributed by atoms with van der Waals surface area (Å²) < 4.78 is 31.6. The van der Waals surface area contributed by atoms with Gasteiger partial charge in [-0.1, -0.05) is 0 Å². The number of anilines is 2. The highest BCUT2D eigenvalue weighted by molar-refractivity contribution is 7.13. The number of fused-ring (bicyclic) bond motifs is 2. The maximum Gasteiger partial charge on any atom is 0.251 e. The molecule has 0 aliphatic heterocycles. The zero-order valence-corrected chi connectivity index (χ0v) is 15.8. The monoisotopic (exact) mass is 401 g/mol. The van der Waals surface area contributed by atoms with E-state index in [0.29, 0.717) is 12.2 Å². The molecule has 0 saturated heterocycles. The van der Waals surface area contributed by atoms with Gasteiger partial charge in [0.2, 0.25) is 0 Å². The Morgan fingerprint density at radius 3 is 3.04 bits per heavy atom. The highest BCUT2D eigenvalue weighted by atomic mass is 32.1. The molecule has 10 heteroatoms. The Morgan fingerprint density at radius 2 is 2.21 bits per heavy atom. The molecule has 0 aromatic carbocycles. The van der Waals surface area contributed by atoms with E-state index >= 15 is 0 Å². The Kier molecular flexibility index (Phi) is 3.98. The van der Waals surface area contributed by atoms with Crippen LogP contribution in [-0.4, -0.2) is 48.5 Å². The van der Waals surface area contributed by atoms with Gasteiger partial charge in [0, 0.05) is 31.6 Å². The summed E-state index contributed by atoms with van der Waals surface area (Å²) in [5.74, 6) is -1.77. The number of rotatable bonds is 5. The lowest BCUT2D eigenvalue weighted by Crippen LogP contribution is -2.48. The lowest BCUT2D eigenvalue weighted by molar-refractivity contribution is -0.121. The first-order chi connectivity index (χ1) is 13.5. The molecule has 4 aromatic heterocycles. The van der Waals surface area contributed by atoms with Crippen molar-refractivity contribution in [3.05, 3.63) is 36.3 Å². The van der Waals surface area contributed by atoms with Gasteiger partial charge >= 0.3 is 0 Å². The van der Waals surface area contributed by atoms with Crippen LogP contribution in [0.1, 0.15) is 18.5 Å². The lowest BCUT2D eigenvalue weighted by atomic mass is 9.87. The Bertz CT molecular complexity index is 1150. The van der Waals surface area contributed by atoms with Crippen LogP contribution < -0.4 is 5.32 Å². The number of nitrogens with zero attached hydrogens (tertiary/aromatic N) is 5. The molecule has 0 amide bonds. The van der Waals surface area contributed by atoms with Crippen molar-refractivity contribution in [2.75, 3.05) is 12.4 Å². The van der Waals surface area contributed by atoms with Crippen molar-refractivity contribution in [3.63, 3.8) is 0 Å². The minimum Gasteiger partial charge on any atom is -0.339 e. The fraction of sp³-hybridized carbons (Fsp3) is 0.333. The molecule has 0 atom stereocenters. The minimum absolute atomic E-state index is 0.0833. The molecule has 0 unspecified atom stereocenters. The van der Waals surface area contributed by atoms with Crippen molar-refractivity contribution < 1.29 is 8.78 Å². The van der Waals surface area contributed by atoms with Gasteiger partial charge in [0.1, 0.15) is 11.3 Å². The maximum atomic E-state index is 13.1. The summed E-state index contributed by atoms with van der Waals surface area (Å²) in [6.07, 6.45) is 3.27. The van der Waals surface area contributed by atoms with Crippen molar-refractivity contribution >= 4 is 44.3 Å². The summed E-state index contributed by atoms with van der Waals surface area (Å²) in [6.45, 7) is 0.511. The average molecular weight is 401 g/mol. The predicted octanol–water partition coefficient (Wildman–Crippen LogP) is 3.94. The van der Waals surface area contributed by atoms with E-state index in [0.717, 1.165) is 32.8 Å². The molecule has 1 aliphatic carbocycles.